The van der Waals surface area contributed by atoms with Gasteiger partial charge in [-0.2, -0.15) is 22.0 Å². The molecule has 0 N–H and O–H groups in total. The van der Waals surface area contributed by atoms with Crippen LogP contribution in [0.4, 0.5) is 22.0 Å². The molecule has 1 saturated heterocycles. The summed E-state index contributed by atoms with van der Waals surface area (Å²) in [5.41, 5.74) is 0.378. The van der Waals surface area contributed by atoms with Crippen LogP contribution in [0.3, 0.4) is 0 Å². The summed E-state index contributed by atoms with van der Waals surface area (Å²) in [6.45, 7) is -0.152. The van der Waals surface area contributed by atoms with E-state index in [9.17, 15) is 26.7 Å². The fourth-order valence-electron chi connectivity index (χ4n) is 2.38. The third-order valence-electron chi connectivity index (χ3n) is 3.40. The van der Waals surface area contributed by atoms with Crippen molar-refractivity contribution in [3.8, 4) is 0 Å². The molecule has 1 unspecified atom stereocenters. The van der Waals surface area contributed by atoms with Crippen LogP contribution in [0.15, 0.2) is 24.3 Å². The molecule has 2 nitrogen and oxygen atoms in total. The maximum Gasteiger partial charge on any atom is 0.463 e. The van der Waals surface area contributed by atoms with Crippen LogP contribution in [-0.4, -0.2) is 29.5 Å². The molecule has 0 aliphatic carbocycles. The molecule has 0 saturated carbocycles. The fourth-order valence-corrected chi connectivity index (χ4v) is 2.64. The lowest BCUT2D eigenvalue weighted by molar-refractivity contribution is -0.274. The minimum Gasteiger partial charge on any atom is -0.330 e. The molecular formula is C13H11ClF5NO. The molecule has 1 aromatic carbocycles. The van der Waals surface area contributed by atoms with Gasteiger partial charge in [-0.3, -0.25) is 4.79 Å². The van der Waals surface area contributed by atoms with Gasteiger partial charge in [0.2, 0.25) is 0 Å². The lowest BCUT2D eigenvalue weighted by Gasteiger charge is -2.30. The number of alkyl halides is 5. The second-order valence-corrected chi connectivity index (χ2v) is 5.16. The largest absolute Gasteiger partial charge is 0.463 e. The van der Waals surface area contributed by atoms with Crippen molar-refractivity contribution in [2.75, 3.05) is 6.54 Å². The molecule has 0 aromatic heterocycles. The lowest BCUT2D eigenvalue weighted by atomic mass is 10.0. The van der Waals surface area contributed by atoms with Gasteiger partial charge in [0.05, 0.1) is 6.04 Å². The summed E-state index contributed by atoms with van der Waals surface area (Å²) in [4.78, 5) is 12.2. The topological polar surface area (TPSA) is 20.3 Å². The minimum atomic E-state index is -5.91. The number of benzene rings is 1. The van der Waals surface area contributed by atoms with Crippen molar-refractivity contribution in [3.05, 3.63) is 34.9 Å². The maximum atomic E-state index is 13.2. The molecule has 0 bridgehead atoms. The van der Waals surface area contributed by atoms with Crippen LogP contribution in [0.25, 0.3) is 0 Å². The molecule has 1 amide bonds. The Morgan fingerprint density at radius 1 is 1.19 bits per heavy atom. The average molecular weight is 328 g/mol. The molecule has 1 aliphatic rings. The number of carbonyl (C=O) groups is 1. The summed E-state index contributed by atoms with van der Waals surface area (Å²) in [6.07, 6.45) is -5.27. The smallest absolute Gasteiger partial charge is 0.330 e. The van der Waals surface area contributed by atoms with E-state index < -0.39 is 24.0 Å². The quantitative estimate of drug-likeness (QED) is 0.745. The Hall–Kier alpha value is -1.37. The SMILES string of the molecule is O=C(N1CCCC1c1ccccc1Cl)C(F)(F)C(F)(F)F. The zero-order chi connectivity index (χ0) is 15.8. The highest BCUT2D eigenvalue weighted by Crippen LogP contribution is 2.42. The predicted octanol–water partition coefficient (Wildman–Crippen LogP) is 4.20. The van der Waals surface area contributed by atoms with Gasteiger partial charge in [-0.15, -0.1) is 0 Å². The van der Waals surface area contributed by atoms with Crippen LogP contribution in [0.1, 0.15) is 24.4 Å². The third-order valence-corrected chi connectivity index (χ3v) is 3.75. The first-order chi connectivity index (χ1) is 9.66. The number of nitrogens with zero attached hydrogens (tertiary/aromatic N) is 1. The van der Waals surface area contributed by atoms with Gasteiger partial charge in [0.25, 0.3) is 0 Å². The molecule has 1 heterocycles. The molecule has 21 heavy (non-hydrogen) atoms. The summed E-state index contributed by atoms with van der Waals surface area (Å²) < 4.78 is 63.4. The molecule has 1 aliphatic heterocycles. The zero-order valence-electron chi connectivity index (χ0n) is 10.6. The third kappa shape index (κ3) is 2.84. The number of hydrogen-bond acceptors (Lipinski definition) is 1. The number of amides is 1. The van der Waals surface area contributed by atoms with Crippen LogP contribution >= 0.6 is 11.6 Å². The summed E-state index contributed by atoms with van der Waals surface area (Å²) in [5, 5.41) is 0.234. The van der Waals surface area contributed by atoms with Gasteiger partial charge in [-0.25, -0.2) is 0 Å². The van der Waals surface area contributed by atoms with Crippen LogP contribution in [0, 0.1) is 0 Å². The molecular weight excluding hydrogens is 317 g/mol. The van der Waals surface area contributed by atoms with E-state index in [0.29, 0.717) is 23.3 Å². The van der Waals surface area contributed by atoms with Crippen LogP contribution < -0.4 is 0 Å². The lowest BCUT2D eigenvalue weighted by Crippen LogP contribution is -2.51. The van der Waals surface area contributed by atoms with E-state index in [2.05, 4.69) is 0 Å². The zero-order valence-corrected chi connectivity index (χ0v) is 11.4. The Morgan fingerprint density at radius 3 is 2.38 bits per heavy atom. The normalized spacial score (nSPS) is 19.9. The van der Waals surface area contributed by atoms with Crippen LogP contribution in [0.2, 0.25) is 5.02 Å². The standard InChI is InChI=1S/C13H11ClF5NO/c14-9-5-2-1-4-8(9)10-6-3-7-20(10)11(21)12(15,16)13(17,18)19/h1-2,4-5,10H,3,6-7H2. The molecule has 8 heteroatoms. The van der Waals surface area contributed by atoms with E-state index in [0.717, 1.165) is 0 Å². The van der Waals surface area contributed by atoms with Crippen molar-refractivity contribution in [1.82, 2.24) is 4.90 Å². The first-order valence-corrected chi connectivity index (χ1v) is 6.54. The van der Waals surface area contributed by atoms with Crippen LogP contribution in [0.5, 0.6) is 0 Å². The molecule has 1 aromatic rings. The first kappa shape index (κ1) is 16.0. The summed E-state index contributed by atoms with van der Waals surface area (Å²) in [7, 11) is 0. The number of rotatable bonds is 2. The second kappa shape index (κ2) is 5.44. The number of halogens is 6. The van der Waals surface area contributed by atoms with Gasteiger partial charge in [-0.1, -0.05) is 29.8 Å². The van der Waals surface area contributed by atoms with Crippen molar-refractivity contribution >= 4 is 17.5 Å². The number of hydrogen-bond donors (Lipinski definition) is 0. The number of carbonyl (C=O) groups excluding carboxylic acids is 1. The fraction of sp³-hybridized carbons (Fsp3) is 0.462. The van der Waals surface area contributed by atoms with Gasteiger partial charge in [0, 0.05) is 11.6 Å². The van der Waals surface area contributed by atoms with Crippen molar-refractivity contribution in [3.63, 3.8) is 0 Å². The average Bonchev–Trinajstić information content (AvgIpc) is 2.85. The van der Waals surface area contributed by atoms with Crippen molar-refractivity contribution in [2.24, 2.45) is 0 Å². The van der Waals surface area contributed by atoms with Crippen molar-refractivity contribution in [2.45, 2.75) is 31.0 Å². The van der Waals surface area contributed by atoms with Gasteiger partial charge in [-0.05, 0) is 24.5 Å². The Balaban J connectivity index is 2.32. The molecule has 116 valence electrons. The number of likely N-dealkylation sites (tertiary alicyclic amines) is 1. The Kier molecular flexibility index (Phi) is 4.15. The molecule has 0 spiro atoms. The van der Waals surface area contributed by atoms with Gasteiger partial charge in [0.15, 0.2) is 0 Å². The van der Waals surface area contributed by atoms with E-state index in [-0.39, 0.29) is 11.6 Å². The Labute approximate surface area is 122 Å². The maximum absolute atomic E-state index is 13.2. The van der Waals surface area contributed by atoms with Gasteiger partial charge >= 0.3 is 18.0 Å². The van der Waals surface area contributed by atoms with Crippen molar-refractivity contribution in [1.29, 1.82) is 0 Å². The van der Waals surface area contributed by atoms with E-state index in [4.69, 9.17) is 11.6 Å². The Bertz CT molecular complexity index is 546. The predicted molar refractivity (Wildman–Crippen MR) is 66.1 cm³/mol. The Morgan fingerprint density at radius 2 is 1.81 bits per heavy atom. The van der Waals surface area contributed by atoms with E-state index in [1.807, 2.05) is 0 Å². The second-order valence-electron chi connectivity index (χ2n) is 4.75. The van der Waals surface area contributed by atoms with Gasteiger partial charge < -0.3 is 4.90 Å². The highest BCUT2D eigenvalue weighted by molar-refractivity contribution is 6.31. The highest BCUT2D eigenvalue weighted by Gasteiger charge is 2.65. The molecule has 1 atom stereocenters. The van der Waals surface area contributed by atoms with Crippen LogP contribution in [-0.2, 0) is 4.79 Å². The van der Waals surface area contributed by atoms with E-state index >= 15 is 0 Å². The molecule has 2 rings (SSSR count). The first-order valence-electron chi connectivity index (χ1n) is 6.16. The van der Waals surface area contributed by atoms with E-state index in [1.165, 1.54) is 12.1 Å². The summed E-state index contributed by atoms with van der Waals surface area (Å²) in [6, 6.07) is 5.35. The van der Waals surface area contributed by atoms with Crippen molar-refractivity contribution < 1.29 is 26.7 Å². The van der Waals surface area contributed by atoms with Gasteiger partial charge in [0.1, 0.15) is 0 Å². The monoisotopic (exact) mass is 327 g/mol. The van der Waals surface area contributed by atoms with E-state index in [1.54, 1.807) is 12.1 Å². The molecule has 0 radical (unpaired) electrons. The summed E-state index contributed by atoms with van der Waals surface area (Å²) >= 11 is 5.93. The highest BCUT2D eigenvalue weighted by atomic mass is 35.5. The summed E-state index contributed by atoms with van der Waals surface area (Å²) in [5.74, 6) is -7.62. The minimum absolute atomic E-state index is 0.152. The molecule has 1 fully saturated rings.